The minimum atomic E-state index is -0.770. The Balaban J connectivity index is 2.99. The van der Waals surface area contributed by atoms with E-state index in [1.807, 2.05) is 13.8 Å². The zero-order valence-corrected chi connectivity index (χ0v) is 10.2. The van der Waals surface area contributed by atoms with Gasteiger partial charge in [0.15, 0.2) is 5.84 Å². The highest BCUT2D eigenvalue weighted by molar-refractivity contribution is 6.07. The summed E-state index contributed by atoms with van der Waals surface area (Å²) in [4.78, 5) is 14.0. The number of amides is 1. The molecule has 0 aromatic heterocycles. The molecular formula is C11H21N3O2. The summed E-state index contributed by atoms with van der Waals surface area (Å²) >= 11 is 0. The van der Waals surface area contributed by atoms with E-state index in [0.717, 1.165) is 12.8 Å². The Morgan fingerprint density at radius 3 is 2.31 bits per heavy atom. The summed E-state index contributed by atoms with van der Waals surface area (Å²) < 4.78 is 0. The summed E-state index contributed by atoms with van der Waals surface area (Å²) in [5, 5.41) is 11.9. The lowest BCUT2D eigenvalue weighted by Gasteiger charge is -2.33. The quantitative estimate of drug-likeness (QED) is 0.328. The highest BCUT2D eigenvalue weighted by atomic mass is 16.4. The van der Waals surface area contributed by atoms with E-state index in [1.165, 1.54) is 0 Å². The molecule has 0 atom stereocenters. The molecule has 0 heterocycles. The average Bonchev–Trinajstić information content (AvgIpc) is 2.76. The van der Waals surface area contributed by atoms with Gasteiger partial charge < -0.3 is 15.8 Å². The molecule has 3 N–H and O–H groups in total. The van der Waals surface area contributed by atoms with Crippen LogP contribution in [0.1, 0.15) is 39.5 Å². The van der Waals surface area contributed by atoms with Crippen molar-refractivity contribution in [3.8, 4) is 0 Å². The molecule has 0 saturated heterocycles. The van der Waals surface area contributed by atoms with Crippen LogP contribution < -0.4 is 5.73 Å². The van der Waals surface area contributed by atoms with Crippen LogP contribution in [0.3, 0.4) is 0 Å². The van der Waals surface area contributed by atoms with Crippen LogP contribution in [0, 0.1) is 5.41 Å². The standard InChI is InChI=1S/C11H21N3O2/c1-8(2)14(3)10(15)11(9(12)13-16)6-4-5-7-11/h8,16H,4-7H2,1-3H3,(H2,12,13). The number of oxime groups is 1. The molecule has 0 bridgehead atoms. The van der Waals surface area contributed by atoms with E-state index in [2.05, 4.69) is 5.16 Å². The van der Waals surface area contributed by atoms with Crippen molar-refractivity contribution in [1.29, 1.82) is 0 Å². The molecule has 1 aliphatic rings. The maximum Gasteiger partial charge on any atom is 0.236 e. The SMILES string of the molecule is CC(C)N(C)C(=O)C1(C(N)=NO)CCCC1. The van der Waals surface area contributed by atoms with E-state index in [1.54, 1.807) is 11.9 Å². The predicted octanol–water partition coefficient (Wildman–Crippen LogP) is 1.16. The normalized spacial score (nSPS) is 20.1. The van der Waals surface area contributed by atoms with Gasteiger partial charge in [-0.25, -0.2) is 0 Å². The molecule has 0 aliphatic heterocycles. The summed E-state index contributed by atoms with van der Waals surface area (Å²) in [7, 11) is 1.76. The van der Waals surface area contributed by atoms with Gasteiger partial charge in [-0.2, -0.15) is 0 Å². The number of nitrogens with zero attached hydrogens (tertiary/aromatic N) is 2. The molecule has 16 heavy (non-hydrogen) atoms. The number of rotatable bonds is 3. The second-order valence-corrected chi connectivity index (χ2v) is 4.78. The van der Waals surface area contributed by atoms with Crippen LogP contribution in [0.2, 0.25) is 0 Å². The van der Waals surface area contributed by atoms with Crippen molar-refractivity contribution in [2.45, 2.75) is 45.6 Å². The van der Waals surface area contributed by atoms with Crippen LogP contribution in [0.25, 0.3) is 0 Å². The monoisotopic (exact) mass is 227 g/mol. The van der Waals surface area contributed by atoms with Gasteiger partial charge in [0, 0.05) is 13.1 Å². The molecule has 5 nitrogen and oxygen atoms in total. The number of nitrogens with two attached hydrogens (primary N) is 1. The molecule has 0 aromatic rings. The van der Waals surface area contributed by atoms with Crippen molar-refractivity contribution >= 4 is 11.7 Å². The fourth-order valence-electron chi connectivity index (χ4n) is 2.23. The van der Waals surface area contributed by atoms with Gasteiger partial charge in [-0.05, 0) is 26.7 Å². The van der Waals surface area contributed by atoms with Crippen molar-refractivity contribution in [3.05, 3.63) is 0 Å². The van der Waals surface area contributed by atoms with E-state index in [0.29, 0.717) is 12.8 Å². The molecule has 0 spiro atoms. The maximum atomic E-state index is 12.4. The van der Waals surface area contributed by atoms with Gasteiger partial charge in [0.1, 0.15) is 5.41 Å². The minimum absolute atomic E-state index is 0.0321. The number of carbonyl (C=O) groups excluding carboxylic acids is 1. The number of carbonyl (C=O) groups is 1. The van der Waals surface area contributed by atoms with Gasteiger partial charge in [0.05, 0.1) is 0 Å². The van der Waals surface area contributed by atoms with Gasteiger partial charge in [-0.1, -0.05) is 18.0 Å². The molecule has 5 heteroatoms. The van der Waals surface area contributed by atoms with E-state index in [9.17, 15) is 4.79 Å². The van der Waals surface area contributed by atoms with Gasteiger partial charge in [-0.3, -0.25) is 4.79 Å². The third-order valence-electron chi connectivity index (χ3n) is 3.56. The van der Waals surface area contributed by atoms with Crippen LogP contribution in [0.15, 0.2) is 5.16 Å². The first-order valence-electron chi connectivity index (χ1n) is 5.71. The highest BCUT2D eigenvalue weighted by Gasteiger charge is 2.47. The van der Waals surface area contributed by atoms with Crippen LogP contribution in [0.4, 0.5) is 0 Å². The van der Waals surface area contributed by atoms with Crippen molar-refractivity contribution in [2.75, 3.05) is 7.05 Å². The van der Waals surface area contributed by atoms with Gasteiger partial charge in [-0.15, -0.1) is 0 Å². The molecular weight excluding hydrogens is 206 g/mol. The fraction of sp³-hybridized carbons (Fsp3) is 0.818. The smallest absolute Gasteiger partial charge is 0.236 e. The minimum Gasteiger partial charge on any atom is -0.409 e. The highest BCUT2D eigenvalue weighted by Crippen LogP contribution is 2.40. The molecule has 0 unspecified atom stereocenters. The second-order valence-electron chi connectivity index (χ2n) is 4.78. The molecule has 1 fully saturated rings. The zero-order chi connectivity index (χ0) is 12.3. The van der Waals surface area contributed by atoms with Gasteiger partial charge >= 0.3 is 0 Å². The molecule has 0 aromatic carbocycles. The van der Waals surface area contributed by atoms with Crippen molar-refractivity contribution in [1.82, 2.24) is 4.90 Å². The Hall–Kier alpha value is -1.26. The first-order chi connectivity index (χ1) is 7.45. The van der Waals surface area contributed by atoms with Gasteiger partial charge in [0.2, 0.25) is 5.91 Å². The van der Waals surface area contributed by atoms with Crippen molar-refractivity contribution in [3.63, 3.8) is 0 Å². The lowest BCUT2D eigenvalue weighted by atomic mass is 9.83. The fourth-order valence-corrected chi connectivity index (χ4v) is 2.23. The Morgan fingerprint density at radius 2 is 1.94 bits per heavy atom. The molecule has 1 amide bonds. The third-order valence-corrected chi connectivity index (χ3v) is 3.56. The Bertz CT molecular complexity index is 294. The first kappa shape index (κ1) is 12.8. The molecule has 1 aliphatic carbocycles. The Kier molecular flexibility index (Phi) is 3.78. The van der Waals surface area contributed by atoms with Crippen LogP contribution in [-0.4, -0.2) is 34.9 Å². The van der Waals surface area contributed by atoms with Crippen LogP contribution >= 0.6 is 0 Å². The molecule has 1 rings (SSSR count). The Labute approximate surface area is 96.3 Å². The first-order valence-corrected chi connectivity index (χ1v) is 5.71. The van der Waals surface area contributed by atoms with Gasteiger partial charge in [0.25, 0.3) is 0 Å². The summed E-state index contributed by atoms with van der Waals surface area (Å²) in [6, 6.07) is 0.122. The van der Waals surface area contributed by atoms with Crippen LogP contribution in [0.5, 0.6) is 0 Å². The zero-order valence-electron chi connectivity index (χ0n) is 10.2. The van der Waals surface area contributed by atoms with E-state index in [-0.39, 0.29) is 17.8 Å². The van der Waals surface area contributed by atoms with E-state index < -0.39 is 5.41 Å². The van der Waals surface area contributed by atoms with E-state index >= 15 is 0 Å². The van der Waals surface area contributed by atoms with E-state index in [4.69, 9.17) is 10.9 Å². The lowest BCUT2D eigenvalue weighted by Crippen LogP contribution is -2.50. The molecule has 0 radical (unpaired) electrons. The summed E-state index contributed by atoms with van der Waals surface area (Å²) in [5.74, 6) is 0.0257. The maximum absolute atomic E-state index is 12.4. The summed E-state index contributed by atoms with van der Waals surface area (Å²) in [5.41, 5.74) is 4.93. The number of hydrogen-bond donors (Lipinski definition) is 2. The Morgan fingerprint density at radius 1 is 1.44 bits per heavy atom. The van der Waals surface area contributed by atoms with Crippen molar-refractivity contribution < 1.29 is 10.0 Å². The largest absolute Gasteiger partial charge is 0.409 e. The molecule has 92 valence electrons. The third kappa shape index (κ3) is 1.99. The predicted molar refractivity (Wildman–Crippen MR) is 62.2 cm³/mol. The summed E-state index contributed by atoms with van der Waals surface area (Å²) in [6.45, 7) is 3.90. The number of amidine groups is 1. The van der Waals surface area contributed by atoms with Crippen molar-refractivity contribution in [2.24, 2.45) is 16.3 Å². The van der Waals surface area contributed by atoms with Crippen LogP contribution in [-0.2, 0) is 4.79 Å². The average molecular weight is 227 g/mol. The summed E-state index contributed by atoms with van der Waals surface area (Å²) in [6.07, 6.45) is 3.26. The lowest BCUT2D eigenvalue weighted by molar-refractivity contribution is -0.138. The second kappa shape index (κ2) is 4.72. The number of hydrogen-bond acceptors (Lipinski definition) is 3. The topological polar surface area (TPSA) is 78.9 Å². The molecule has 1 saturated carbocycles.